The van der Waals surface area contributed by atoms with Crippen molar-refractivity contribution in [3.63, 3.8) is 0 Å². The van der Waals surface area contributed by atoms with Crippen LogP contribution in [0.1, 0.15) is 26.5 Å². The van der Waals surface area contributed by atoms with Gasteiger partial charge in [-0.15, -0.1) is 11.3 Å². The van der Waals surface area contributed by atoms with E-state index in [4.69, 9.17) is 0 Å². The molecule has 0 unspecified atom stereocenters. The Morgan fingerprint density at radius 3 is 2.33 bits per heavy atom. The number of alkyl halides is 3. The van der Waals surface area contributed by atoms with Crippen LogP contribution in [0.25, 0.3) is 0 Å². The molecule has 1 atom stereocenters. The Balaban J connectivity index is 2.69. The molecule has 0 spiro atoms. The fraction of sp³-hybridized carbons (Fsp3) is 0.667. The Kier molecular flexibility index (Phi) is 3.59. The Bertz CT molecular complexity index is 319. The molecule has 0 aliphatic rings. The number of rotatable bonds is 3. The van der Waals surface area contributed by atoms with Crippen molar-refractivity contribution in [2.45, 2.75) is 33.0 Å². The number of nitrogens with zero attached hydrogens (tertiary/aromatic N) is 1. The molecule has 0 bridgehead atoms. The average Bonchev–Trinajstić information content (AvgIpc) is 2.51. The zero-order valence-corrected chi connectivity index (χ0v) is 9.54. The number of nitrogens with one attached hydrogen (secondary N) is 1. The summed E-state index contributed by atoms with van der Waals surface area (Å²) < 4.78 is 36.6. The van der Waals surface area contributed by atoms with Crippen molar-refractivity contribution in [1.82, 2.24) is 4.98 Å². The maximum atomic E-state index is 12.2. The molecule has 2 nitrogen and oxygen atoms in total. The van der Waals surface area contributed by atoms with Crippen LogP contribution in [0, 0.1) is 5.92 Å². The van der Waals surface area contributed by atoms with Crippen LogP contribution in [0.4, 0.5) is 18.3 Å². The van der Waals surface area contributed by atoms with Crippen molar-refractivity contribution in [2.75, 3.05) is 5.32 Å². The summed E-state index contributed by atoms with van der Waals surface area (Å²) in [6.45, 7) is 5.91. The predicted octanol–water partition coefficient (Wildman–Crippen LogP) is 3.62. The van der Waals surface area contributed by atoms with E-state index in [2.05, 4.69) is 10.3 Å². The van der Waals surface area contributed by atoms with Crippen molar-refractivity contribution >= 4 is 16.5 Å². The van der Waals surface area contributed by atoms with E-state index >= 15 is 0 Å². The van der Waals surface area contributed by atoms with Gasteiger partial charge in [0, 0.05) is 11.4 Å². The van der Waals surface area contributed by atoms with Gasteiger partial charge in [0.15, 0.2) is 10.8 Å². The van der Waals surface area contributed by atoms with E-state index in [0.29, 0.717) is 11.0 Å². The van der Waals surface area contributed by atoms with Crippen LogP contribution in [0.2, 0.25) is 0 Å². The monoisotopic (exact) mass is 238 g/mol. The molecule has 0 saturated heterocycles. The first-order valence-corrected chi connectivity index (χ1v) is 5.48. The minimum Gasteiger partial charge on any atom is -0.359 e. The lowest BCUT2D eigenvalue weighted by Gasteiger charge is -2.16. The van der Waals surface area contributed by atoms with Crippen molar-refractivity contribution < 1.29 is 13.2 Å². The number of aromatic nitrogens is 1. The molecular weight excluding hydrogens is 225 g/mol. The van der Waals surface area contributed by atoms with Gasteiger partial charge in [-0.05, 0) is 12.8 Å². The Labute approximate surface area is 90.5 Å². The molecule has 0 amide bonds. The second-order valence-corrected chi connectivity index (χ2v) is 4.57. The Morgan fingerprint density at radius 2 is 1.93 bits per heavy atom. The highest BCUT2D eigenvalue weighted by atomic mass is 32.1. The van der Waals surface area contributed by atoms with Gasteiger partial charge >= 0.3 is 6.18 Å². The molecule has 1 aromatic heterocycles. The quantitative estimate of drug-likeness (QED) is 0.870. The normalized spacial score (nSPS) is 14.3. The average molecular weight is 238 g/mol. The van der Waals surface area contributed by atoms with Crippen LogP contribution in [0.5, 0.6) is 0 Å². The molecule has 1 heterocycles. The van der Waals surface area contributed by atoms with Gasteiger partial charge < -0.3 is 5.32 Å². The molecule has 0 saturated carbocycles. The fourth-order valence-electron chi connectivity index (χ4n) is 0.832. The van der Waals surface area contributed by atoms with E-state index in [1.54, 1.807) is 0 Å². The summed E-state index contributed by atoms with van der Waals surface area (Å²) in [6.07, 6.45) is -4.35. The maximum Gasteiger partial charge on any atom is 0.434 e. The van der Waals surface area contributed by atoms with Crippen molar-refractivity contribution in [3.05, 3.63) is 11.1 Å². The molecule has 1 rings (SSSR count). The van der Waals surface area contributed by atoms with E-state index in [0.717, 1.165) is 16.7 Å². The molecule has 0 aliphatic heterocycles. The SMILES string of the molecule is CC(C)[C@@H](C)Nc1nc(C(F)(F)F)cs1. The third-order valence-electron chi connectivity index (χ3n) is 2.15. The van der Waals surface area contributed by atoms with E-state index in [1.165, 1.54) is 0 Å². The summed E-state index contributed by atoms with van der Waals surface area (Å²) in [5.74, 6) is 0.350. The van der Waals surface area contributed by atoms with Crippen LogP contribution in [0.15, 0.2) is 5.38 Å². The van der Waals surface area contributed by atoms with E-state index in [9.17, 15) is 13.2 Å². The van der Waals surface area contributed by atoms with Gasteiger partial charge in [0.05, 0.1) is 0 Å². The van der Waals surface area contributed by atoms with Crippen LogP contribution >= 0.6 is 11.3 Å². The largest absolute Gasteiger partial charge is 0.434 e. The lowest BCUT2D eigenvalue weighted by Crippen LogP contribution is -2.21. The van der Waals surface area contributed by atoms with Gasteiger partial charge in [-0.3, -0.25) is 0 Å². The smallest absolute Gasteiger partial charge is 0.359 e. The molecule has 0 aromatic carbocycles. The topological polar surface area (TPSA) is 24.9 Å². The van der Waals surface area contributed by atoms with E-state index in [1.807, 2.05) is 20.8 Å². The molecule has 0 radical (unpaired) electrons. The summed E-state index contributed by atoms with van der Waals surface area (Å²) in [7, 11) is 0. The van der Waals surface area contributed by atoms with E-state index < -0.39 is 11.9 Å². The molecule has 15 heavy (non-hydrogen) atoms. The minimum atomic E-state index is -4.35. The molecule has 86 valence electrons. The molecule has 6 heteroatoms. The van der Waals surface area contributed by atoms with Gasteiger partial charge in [-0.1, -0.05) is 13.8 Å². The third kappa shape index (κ3) is 3.37. The number of thiazole rings is 1. The van der Waals surface area contributed by atoms with Gasteiger partial charge in [0.1, 0.15) is 0 Å². The number of anilines is 1. The van der Waals surface area contributed by atoms with Gasteiger partial charge in [0.2, 0.25) is 0 Å². The highest BCUT2D eigenvalue weighted by Crippen LogP contribution is 2.31. The maximum absolute atomic E-state index is 12.2. The number of hydrogen-bond acceptors (Lipinski definition) is 3. The molecular formula is C9H13F3N2S. The van der Waals surface area contributed by atoms with Crippen LogP contribution in [0.3, 0.4) is 0 Å². The first-order valence-electron chi connectivity index (χ1n) is 4.60. The second-order valence-electron chi connectivity index (χ2n) is 3.71. The van der Waals surface area contributed by atoms with Crippen LogP contribution in [-0.2, 0) is 6.18 Å². The van der Waals surface area contributed by atoms with Crippen LogP contribution in [-0.4, -0.2) is 11.0 Å². The molecule has 0 aliphatic carbocycles. The minimum absolute atomic E-state index is 0.109. The third-order valence-corrected chi connectivity index (χ3v) is 2.92. The van der Waals surface area contributed by atoms with Crippen LogP contribution < -0.4 is 5.32 Å². The zero-order valence-electron chi connectivity index (χ0n) is 8.72. The fourth-order valence-corrected chi connectivity index (χ4v) is 1.65. The summed E-state index contributed by atoms with van der Waals surface area (Å²) >= 11 is 0.980. The Hall–Kier alpha value is -0.780. The summed E-state index contributed by atoms with van der Waals surface area (Å²) in [4.78, 5) is 3.49. The first-order chi connectivity index (χ1) is 6.80. The number of halogens is 3. The molecule has 1 aromatic rings. The molecule has 0 fully saturated rings. The Morgan fingerprint density at radius 1 is 1.33 bits per heavy atom. The molecule has 1 N–H and O–H groups in total. The highest BCUT2D eigenvalue weighted by molar-refractivity contribution is 7.13. The van der Waals surface area contributed by atoms with Crippen molar-refractivity contribution in [2.24, 2.45) is 5.92 Å². The first kappa shape index (κ1) is 12.3. The second kappa shape index (κ2) is 4.38. The van der Waals surface area contributed by atoms with Gasteiger partial charge in [-0.2, -0.15) is 13.2 Å². The van der Waals surface area contributed by atoms with Crippen molar-refractivity contribution in [3.8, 4) is 0 Å². The standard InChI is InChI=1S/C9H13F3N2S/c1-5(2)6(3)13-8-14-7(4-15-8)9(10,11)12/h4-6H,1-3H3,(H,13,14)/t6-/m1/s1. The number of hydrogen-bond donors (Lipinski definition) is 1. The van der Waals surface area contributed by atoms with Gasteiger partial charge in [-0.25, -0.2) is 4.98 Å². The zero-order chi connectivity index (χ0) is 11.6. The predicted molar refractivity (Wildman–Crippen MR) is 55.0 cm³/mol. The highest BCUT2D eigenvalue weighted by Gasteiger charge is 2.33. The lowest BCUT2D eigenvalue weighted by molar-refractivity contribution is -0.140. The summed E-state index contributed by atoms with van der Waals surface area (Å²) in [5.41, 5.74) is -0.828. The summed E-state index contributed by atoms with van der Waals surface area (Å²) in [6, 6.07) is 0.109. The van der Waals surface area contributed by atoms with Crippen molar-refractivity contribution in [1.29, 1.82) is 0 Å². The summed E-state index contributed by atoms with van der Waals surface area (Å²) in [5, 5.41) is 4.29. The van der Waals surface area contributed by atoms with Gasteiger partial charge in [0.25, 0.3) is 0 Å². The van der Waals surface area contributed by atoms with E-state index in [-0.39, 0.29) is 6.04 Å². The lowest BCUT2D eigenvalue weighted by atomic mass is 10.1.